The fraction of sp³-hybridized carbons (Fsp3) is 0.577. The summed E-state index contributed by atoms with van der Waals surface area (Å²) in [5, 5.41) is 10.9. The van der Waals surface area contributed by atoms with Crippen LogP contribution in [0.5, 0.6) is 0 Å². The van der Waals surface area contributed by atoms with Crippen molar-refractivity contribution in [3.8, 4) is 0 Å². The van der Waals surface area contributed by atoms with Crippen molar-refractivity contribution in [2.24, 2.45) is 0 Å². The first-order chi connectivity index (χ1) is 16.2. The number of carbonyl (C=O) groups excluding carboxylic acids is 1. The second-order valence-electron chi connectivity index (χ2n) is 11.4. The molecule has 3 aromatic heterocycles. The van der Waals surface area contributed by atoms with Gasteiger partial charge in [0, 0.05) is 16.4 Å². The highest BCUT2D eigenvalue weighted by Crippen LogP contribution is 2.39. The van der Waals surface area contributed by atoms with Crippen molar-refractivity contribution >= 4 is 53.0 Å². The number of fused-ring (bicyclic) bond motifs is 1. The van der Waals surface area contributed by atoms with E-state index in [0.717, 1.165) is 45.8 Å². The minimum Gasteiger partial charge on any atom is -0.443 e. The molecule has 0 N–H and O–H groups in total. The number of hydrogen-bond acceptors (Lipinski definition) is 7. The van der Waals surface area contributed by atoms with Crippen molar-refractivity contribution in [2.75, 3.05) is 11.5 Å². The lowest BCUT2D eigenvalue weighted by Crippen LogP contribution is -2.41. The van der Waals surface area contributed by atoms with E-state index in [4.69, 9.17) is 9.16 Å². The summed E-state index contributed by atoms with van der Waals surface area (Å²) >= 11 is 3.32. The predicted molar refractivity (Wildman–Crippen MR) is 150 cm³/mol. The van der Waals surface area contributed by atoms with Gasteiger partial charge in [-0.2, -0.15) is 5.10 Å². The van der Waals surface area contributed by atoms with Gasteiger partial charge in [-0.3, -0.25) is 4.90 Å². The Morgan fingerprint density at radius 2 is 1.89 bits per heavy atom. The van der Waals surface area contributed by atoms with Crippen molar-refractivity contribution in [1.29, 1.82) is 0 Å². The smallest absolute Gasteiger partial charge is 0.415 e. The van der Waals surface area contributed by atoms with E-state index in [2.05, 4.69) is 51.0 Å². The number of amides is 1. The van der Waals surface area contributed by atoms with Gasteiger partial charge in [-0.25, -0.2) is 4.79 Å². The average Bonchev–Trinajstić information content (AvgIpc) is 3.35. The van der Waals surface area contributed by atoms with E-state index in [1.807, 2.05) is 38.3 Å². The Kier molecular flexibility index (Phi) is 8.46. The zero-order chi connectivity index (χ0) is 26.0. The number of carbonyl (C=O) groups is 1. The maximum absolute atomic E-state index is 13.3. The molecule has 0 spiro atoms. The molecule has 6 nitrogen and oxygen atoms in total. The topological polar surface area (TPSA) is 64.5 Å². The van der Waals surface area contributed by atoms with Gasteiger partial charge in [-0.15, -0.1) is 27.8 Å². The fourth-order valence-electron chi connectivity index (χ4n) is 3.38. The van der Waals surface area contributed by atoms with E-state index in [-0.39, 0.29) is 11.1 Å². The van der Waals surface area contributed by atoms with E-state index >= 15 is 0 Å². The highest BCUT2D eigenvalue weighted by atomic mass is 32.1. The lowest BCUT2D eigenvalue weighted by molar-refractivity contribution is 0.0578. The number of aryl methyl sites for hydroxylation is 2. The molecule has 0 atom stereocenters. The minimum atomic E-state index is -1.75. The molecule has 35 heavy (non-hydrogen) atoms. The molecule has 1 amide bonds. The molecule has 0 saturated carbocycles. The average molecular weight is 534 g/mol. The van der Waals surface area contributed by atoms with Crippen molar-refractivity contribution in [1.82, 2.24) is 10.2 Å². The number of thiophene rings is 2. The van der Waals surface area contributed by atoms with Gasteiger partial charge in [0.15, 0.2) is 8.32 Å². The zero-order valence-electron chi connectivity index (χ0n) is 22.5. The van der Waals surface area contributed by atoms with Crippen molar-refractivity contribution < 1.29 is 14.0 Å². The Balaban J connectivity index is 1.86. The third-order valence-corrected chi connectivity index (χ3v) is 13.2. The minimum absolute atomic E-state index is 0.207. The van der Waals surface area contributed by atoms with Gasteiger partial charge in [-0.1, -0.05) is 26.8 Å². The van der Waals surface area contributed by atoms with Gasteiger partial charge < -0.3 is 9.16 Å². The number of hydrogen-bond donors (Lipinski definition) is 0. The number of nitrogens with zero attached hydrogens (tertiary/aromatic N) is 3. The quantitative estimate of drug-likeness (QED) is 0.217. The molecule has 9 heteroatoms. The maximum Gasteiger partial charge on any atom is 0.415 e. The molecule has 3 aromatic rings. The van der Waals surface area contributed by atoms with E-state index in [1.165, 1.54) is 4.88 Å². The summed E-state index contributed by atoms with van der Waals surface area (Å²) in [6.45, 7) is 20.3. The van der Waals surface area contributed by atoms with Crippen LogP contribution in [-0.2, 0) is 22.1 Å². The van der Waals surface area contributed by atoms with Gasteiger partial charge in [0.25, 0.3) is 0 Å². The van der Waals surface area contributed by atoms with E-state index in [1.54, 1.807) is 33.8 Å². The molecule has 0 radical (unpaired) electrons. The van der Waals surface area contributed by atoms with Crippen LogP contribution in [0.2, 0.25) is 18.1 Å². The molecular formula is C26H39N3O3S2Si. The Labute approximate surface area is 218 Å². The SMILES string of the molecule is Cc1c(CCCO[Si](C)(C)C(C)(C)C)sc2c(N(Cc3cccs3)C(=O)OC(C)(C)C)cnnc12. The van der Waals surface area contributed by atoms with Crippen LogP contribution in [0, 0.1) is 6.92 Å². The highest BCUT2D eigenvalue weighted by Gasteiger charge is 2.36. The highest BCUT2D eigenvalue weighted by molar-refractivity contribution is 7.19. The third kappa shape index (κ3) is 6.90. The zero-order valence-corrected chi connectivity index (χ0v) is 25.2. The lowest BCUT2D eigenvalue weighted by Gasteiger charge is -2.36. The normalized spacial score (nSPS) is 12.8. The first-order valence-electron chi connectivity index (χ1n) is 12.1. The van der Waals surface area contributed by atoms with Gasteiger partial charge >= 0.3 is 6.09 Å². The van der Waals surface area contributed by atoms with Crippen molar-refractivity contribution in [3.05, 3.63) is 39.0 Å². The van der Waals surface area contributed by atoms with Gasteiger partial charge in [0.1, 0.15) is 11.1 Å². The molecule has 0 bridgehead atoms. The van der Waals surface area contributed by atoms with Crippen LogP contribution in [0.1, 0.15) is 63.3 Å². The van der Waals surface area contributed by atoms with E-state index < -0.39 is 13.9 Å². The summed E-state index contributed by atoms with van der Waals surface area (Å²) in [4.78, 5) is 17.3. The molecular weight excluding hydrogens is 495 g/mol. The number of rotatable bonds is 8. The van der Waals surface area contributed by atoms with Gasteiger partial charge in [0.05, 0.1) is 23.1 Å². The van der Waals surface area contributed by atoms with Crippen molar-refractivity contribution in [2.45, 2.75) is 91.6 Å². The molecule has 0 saturated heterocycles. The van der Waals surface area contributed by atoms with E-state index in [0.29, 0.717) is 6.54 Å². The fourth-order valence-corrected chi connectivity index (χ4v) is 6.46. The Hall–Kier alpha value is -1.81. The molecule has 0 fully saturated rings. The third-order valence-electron chi connectivity index (χ3n) is 6.40. The van der Waals surface area contributed by atoms with Crippen molar-refractivity contribution in [3.63, 3.8) is 0 Å². The number of anilines is 1. The summed E-state index contributed by atoms with van der Waals surface area (Å²) in [7, 11) is -1.75. The molecule has 0 aromatic carbocycles. The molecule has 0 aliphatic carbocycles. The summed E-state index contributed by atoms with van der Waals surface area (Å²) in [5.41, 5.74) is 2.14. The summed E-state index contributed by atoms with van der Waals surface area (Å²) in [6.07, 6.45) is 3.17. The molecule has 0 unspecified atom stereocenters. The largest absolute Gasteiger partial charge is 0.443 e. The van der Waals surface area contributed by atoms with Gasteiger partial charge in [0.2, 0.25) is 0 Å². The summed E-state index contributed by atoms with van der Waals surface area (Å²) in [6, 6.07) is 4.02. The van der Waals surface area contributed by atoms with Crippen LogP contribution >= 0.6 is 22.7 Å². The molecule has 0 aliphatic heterocycles. The standard InChI is InChI=1S/C26H39N3O3S2Si/c1-18-21(13-10-14-31-35(8,9)26(5,6)7)34-23-20(16-27-28-22(18)23)29(17-19-12-11-15-33-19)24(30)32-25(2,3)4/h11-12,15-16H,10,13-14,17H2,1-9H3. The monoisotopic (exact) mass is 533 g/mol. The van der Waals surface area contributed by atoms with Crippen LogP contribution < -0.4 is 4.90 Å². The Bertz CT molecular complexity index is 1150. The van der Waals surface area contributed by atoms with Crippen LogP contribution in [0.4, 0.5) is 10.5 Å². The first-order valence-corrected chi connectivity index (χ1v) is 16.7. The van der Waals surface area contributed by atoms with Crippen LogP contribution in [0.3, 0.4) is 0 Å². The molecule has 192 valence electrons. The maximum atomic E-state index is 13.3. The molecule has 3 rings (SSSR count). The Morgan fingerprint density at radius 1 is 1.17 bits per heavy atom. The Morgan fingerprint density at radius 3 is 2.49 bits per heavy atom. The second kappa shape index (κ2) is 10.7. The summed E-state index contributed by atoms with van der Waals surface area (Å²) in [5.74, 6) is 0. The lowest BCUT2D eigenvalue weighted by atomic mass is 10.2. The number of aromatic nitrogens is 2. The molecule has 0 aliphatic rings. The second-order valence-corrected chi connectivity index (χ2v) is 18.4. The number of ether oxygens (including phenoxy) is 1. The van der Waals surface area contributed by atoms with E-state index in [9.17, 15) is 4.79 Å². The summed E-state index contributed by atoms with van der Waals surface area (Å²) < 4.78 is 13.1. The molecule has 3 heterocycles. The first kappa shape index (κ1) is 27.8. The predicted octanol–water partition coefficient (Wildman–Crippen LogP) is 7.96. The van der Waals surface area contributed by atoms with Crippen LogP contribution in [0.15, 0.2) is 23.7 Å². The van der Waals surface area contributed by atoms with Crippen LogP contribution in [0.25, 0.3) is 10.2 Å². The van der Waals surface area contributed by atoms with Crippen LogP contribution in [-0.4, -0.2) is 36.8 Å². The van der Waals surface area contributed by atoms with Gasteiger partial charge in [-0.05, 0) is 75.7 Å².